The van der Waals surface area contributed by atoms with E-state index in [0.717, 1.165) is 25.1 Å². The molecule has 128 valence electrons. The summed E-state index contributed by atoms with van der Waals surface area (Å²) in [6.07, 6.45) is 2.54. The van der Waals surface area contributed by atoms with Crippen molar-refractivity contribution in [1.82, 2.24) is 20.0 Å². The summed E-state index contributed by atoms with van der Waals surface area (Å²) in [7, 11) is 0. The third-order valence-corrected chi connectivity index (χ3v) is 4.02. The van der Waals surface area contributed by atoms with E-state index in [4.69, 9.17) is 9.26 Å². The van der Waals surface area contributed by atoms with Crippen LogP contribution in [0.4, 0.5) is 0 Å². The fourth-order valence-electron chi connectivity index (χ4n) is 2.84. The zero-order chi connectivity index (χ0) is 16.9. The van der Waals surface area contributed by atoms with Gasteiger partial charge in [0.2, 0.25) is 5.89 Å². The van der Waals surface area contributed by atoms with E-state index in [-0.39, 0.29) is 12.0 Å². The molecule has 0 bridgehead atoms. The van der Waals surface area contributed by atoms with Crippen LogP contribution in [-0.2, 0) is 11.2 Å². The van der Waals surface area contributed by atoms with Crippen LogP contribution >= 0.6 is 0 Å². The van der Waals surface area contributed by atoms with Crippen LogP contribution in [0.15, 0.2) is 22.7 Å². The molecule has 0 aromatic carbocycles. The molecule has 2 aromatic rings. The number of nitrogens with zero attached hydrogens (tertiary/aromatic N) is 4. The lowest BCUT2D eigenvalue weighted by atomic mass is 10.1. The number of carbonyl (C=O) groups is 1. The molecule has 7 heteroatoms. The Labute approximate surface area is 141 Å². The number of piperidine rings is 1. The summed E-state index contributed by atoms with van der Waals surface area (Å²) in [4.78, 5) is 22.9. The summed E-state index contributed by atoms with van der Waals surface area (Å²) in [5.41, 5.74) is 1.35. The molecule has 0 saturated carbocycles. The van der Waals surface area contributed by atoms with E-state index in [2.05, 4.69) is 15.1 Å². The molecular formula is C17H22N4O3. The summed E-state index contributed by atoms with van der Waals surface area (Å²) in [6.45, 7) is 5.52. The molecule has 1 saturated heterocycles. The average Bonchev–Trinajstić information content (AvgIpc) is 3.00. The molecule has 0 aliphatic carbocycles. The normalized spacial score (nSPS) is 17.9. The highest BCUT2D eigenvalue weighted by molar-refractivity contribution is 5.92. The number of ether oxygens (including phenoxy) is 1. The summed E-state index contributed by atoms with van der Waals surface area (Å²) in [5.74, 6) is 1.19. The quantitative estimate of drug-likeness (QED) is 0.833. The van der Waals surface area contributed by atoms with Crippen molar-refractivity contribution in [3.63, 3.8) is 0 Å². The van der Waals surface area contributed by atoms with Gasteiger partial charge in [-0.15, -0.1) is 0 Å². The number of aryl methyl sites for hydroxylation is 2. The molecule has 3 rings (SSSR count). The molecule has 1 amide bonds. The molecule has 1 aliphatic rings. The van der Waals surface area contributed by atoms with Crippen molar-refractivity contribution in [2.75, 3.05) is 19.7 Å². The van der Waals surface area contributed by atoms with Gasteiger partial charge in [0, 0.05) is 32.1 Å². The van der Waals surface area contributed by atoms with Gasteiger partial charge in [0.15, 0.2) is 5.82 Å². The number of pyridine rings is 1. The maximum atomic E-state index is 12.6. The molecule has 3 heterocycles. The van der Waals surface area contributed by atoms with Crippen molar-refractivity contribution >= 4 is 5.91 Å². The molecule has 0 spiro atoms. The van der Waals surface area contributed by atoms with Gasteiger partial charge in [0.1, 0.15) is 5.69 Å². The summed E-state index contributed by atoms with van der Waals surface area (Å²) >= 11 is 0. The summed E-state index contributed by atoms with van der Waals surface area (Å²) in [5, 5.41) is 3.85. The number of rotatable bonds is 5. The molecule has 1 unspecified atom stereocenters. The van der Waals surface area contributed by atoms with Crippen molar-refractivity contribution in [1.29, 1.82) is 0 Å². The van der Waals surface area contributed by atoms with Crippen molar-refractivity contribution in [2.24, 2.45) is 0 Å². The monoisotopic (exact) mass is 330 g/mol. The molecular weight excluding hydrogens is 308 g/mol. The maximum absolute atomic E-state index is 12.6. The molecule has 1 atom stereocenters. The number of likely N-dealkylation sites (tertiary alicyclic amines) is 1. The Balaban J connectivity index is 1.51. The first-order chi connectivity index (χ1) is 11.6. The lowest BCUT2D eigenvalue weighted by Gasteiger charge is -2.32. The SMILES string of the molecule is Cc1cccc(C(=O)N2CCCC(OCCc3noc(C)n3)C2)n1. The smallest absolute Gasteiger partial charge is 0.272 e. The zero-order valence-electron chi connectivity index (χ0n) is 14.1. The highest BCUT2D eigenvalue weighted by Gasteiger charge is 2.25. The van der Waals surface area contributed by atoms with E-state index >= 15 is 0 Å². The summed E-state index contributed by atoms with van der Waals surface area (Å²) < 4.78 is 10.8. The van der Waals surface area contributed by atoms with Gasteiger partial charge < -0.3 is 14.2 Å². The van der Waals surface area contributed by atoms with Crippen LogP contribution in [0.1, 0.15) is 40.7 Å². The maximum Gasteiger partial charge on any atom is 0.272 e. The van der Waals surface area contributed by atoms with E-state index in [1.54, 1.807) is 13.0 Å². The van der Waals surface area contributed by atoms with Crippen LogP contribution in [0.2, 0.25) is 0 Å². The number of aromatic nitrogens is 3. The third kappa shape index (κ3) is 4.17. The topological polar surface area (TPSA) is 81.4 Å². The van der Waals surface area contributed by atoms with Gasteiger partial charge >= 0.3 is 0 Å². The minimum Gasteiger partial charge on any atom is -0.376 e. The number of hydrogen-bond acceptors (Lipinski definition) is 6. The Morgan fingerprint density at radius 2 is 2.25 bits per heavy atom. The first kappa shape index (κ1) is 16.6. The summed E-state index contributed by atoms with van der Waals surface area (Å²) in [6, 6.07) is 5.51. The molecule has 24 heavy (non-hydrogen) atoms. The second-order valence-corrected chi connectivity index (χ2v) is 6.03. The van der Waals surface area contributed by atoms with Crippen LogP contribution in [0.5, 0.6) is 0 Å². The third-order valence-electron chi connectivity index (χ3n) is 4.02. The molecule has 0 N–H and O–H groups in total. The van der Waals surface area contributed by atoms with Gasteiger partial charge in [-0.3, -0.25) is 4.79 Å². The lowest BCUT2D eigenvalue weighted by Crippen LogP contribution is -2.43. The fourth-order valence-corrected chi connectivity index (χ4v) is 2.84. The van der Waals surface area contributed by atoms with Crippen LogP contribution in [0.25, 0.3) is 0 Å². The van der Waals surface area contributed by atoms with Crippen LogP contribution < -0.4 is 0 Å². The van der Waals surface area contributed by atoms with Crippen molar-refractivity contribution in [3.8, 4) is 0 Å². The van der Waals surface area contributed by atoms with Crippen molar-refractivity contribution in [3.05, 3.63) is 41.3 Å². The zero-order valence-corrected chi connectivity index (χ0v) is 14.1. The predicted octanol–water partition coefficient (Wildman–Crippen LogP) is 1.95. The Kier molecular flexibility index (Phi) is 5.20. The number of amides is 1. The van der Waals surface area contributed by atoms with Gasteiger partial charge in [-0.2, -0.15) is 4.98 Å². The minimum atomic E-state index is -0.0270. The lowest BCUT2D eigenvalue weighted by molar-refractivity contribution is 0.00232. The van der Waals surface area contributed by atoms with Gasteiger partial charge in [0.05, 0.1) is 12.7 Å². The minimum absolute atomic E-state index is 0.0270. The molecule has 7 nitrogen and oxygen atoms in total. The first-order valence-corrected chi connectivity index (χ1v) is 8.25. The Hall–Kier alpha value is -2.28. The first-order valence-electron chi connectivity index (χ1n) is 8.25. The second-order valence-electron chi connectivity index (χ2n) is 6.03. The van der Waals surface area contributed by atoms with E-state index in [0.29, 0.717) is 37.0 Å². The van der Waals surface area contributed by atoms with Crippen molar-refractivity contribution in [2.45, 2.75) is 39.2 Å². The largest absolute Gasteiger partial charge is 0.376 e. The molecule has 1 aliphatic heterocycles. The van der Waals surface area contributed by atoms with E-state index < -0.39 is 0 Å². The highest BCUT2D eigenvalue weighted by Crippen LogP contribution is 2.16. The standard InChI is InChI=1S/C17H22N4O3/c1-12-5-3-7-15(18-12)17(22)21-9-4-6-14(11-21)23-10-8-16-19-13(2)24-20-16/h3,5,7,14H,4,6,8-11H2,1-2H3. The Morgan fingerprint density at radius 1 is 1.38 bits per heavy atom. The number of carbonyl (C=O) groups excluding carboxylic acids is 1. The van der Waals surface area contributed by atoms with Gasteiger partial charge in [-0.1, -0.05) is 11.2 Å². The molecule has 1 fully saturated rings. The van der Waals surface area contributed by atoms with Gasteiger partial charge in [-0.25, -0.2) is 4.98 Å². The van der Waals surface area contributed by atoms with Crippen LogP contribution in [-0.4, -0.2) is 51.7 Å². The fraction of sp³-hybridized carbons (Fsp3) is 0.529. The molecule has 0 radical (unpaired) electrons. The number of hydrogen-bond donors (Lipinski definition) is 0. The van der Waals surface area contributed by atoms with Crippen LogP contribution in [0.3, 0.4) is 0 Å². The van der Waals surface area contributed by atoms with Crippen molar-refractivity contribution < 1.29 is 14.1 Å². The van der Waals surface area contributed by atoms with E-state index in [9.17, 15) is 4.79 Å². The van der Waals surface area contributed by atoms with E-state index in [1.807, 2.05) is 24.0 Å². The highest BCUT2D eigenvalue weighted by atomic mass is 16.5. The van der Waals surface area contributed by atoms with Gasteiger partial charge in [-0.05, 0) is 31.9 Å². The van der Waals surface area contributed by atoms with E-state index in [1.165, 1.54) is 0 Å². The predicted molar refractivity (Wildman–Crippen MR) is 86.6 cm³/mol. The molecule has 2 aromatic heterocycles. The van der Waals surface area contributed by atoms with Gasteiger partial charge in [0.25, 0.3) is 5.91 Å². The van der Waals surface area contributed by atoms with Crippen LogP contribution in [0, 0.1) is 13.8 Å². The Bertz CT molecular complexity index is 701. The second kappa shape index (κ2) is 7.53. The Morgan fingerprint density at radius 3 is 3.00 bits per heavy atom. The average molecular weight is 330 g/mol.